The molecular weight excluding hydrogens is 156 g/mol. The monoisotopic (exact) mass is 175 g/mol. The average Bonchev–Trinajstić information content (AvgIpc) is 2.18. The lowest BCUT2D eigenvalue weighted by Crippen LogP contribution is -1.77. The number of rotatable bonds is 0. The fourth-order valence-corrected chi connectivity index (χ4v) is 1.36. The molecule has 0 aromatic heterocycles. The van der Waals surface area contributed by atoms with Crippen LogP contribution in [0.1, 0.15) is 38.5 Å². The zero-order valence-electron chi connectivity index (χ0n) is 8.28. The topological polar surface area (TPSA) is 0 Å². The van der Waals surface area contributed by atoms with Crippen molar-refractivity contribution in [1.82, 2.24) is 0 Å². The van der Waals surface area contributed by atoms with Crippen molar-refractivity contribution in [2.75, 3.05) is 0 Å². The van der Waals surface area contributed by atoms with Gasteiger partial charge in [-0.1, -0.05) is 36.5 Å². The normalized spacial score (nSPS) is 27.7. The van der Waals surface area contributed by atoms with E-state index in [0.29, 0.717) is 0 Å². The summed E-state index contributed by atoms with van der Waals surface area (Å²) < 4.78 is 0. The SMILES string of the molecule is [CH]1CC/C=C/C=C\C/C=C/CCC1. The molecule has 0 saturated heterocycles. The van der Waals surface area contributed by atoms with Crippen molar-refractivity contribution in [3.63, 3.8) is 0 Å². The fraction of sp³-hybridized carbons (Fsp3) is 0.462. The van der Waals surface area contributed by atoms with Crippen molar-refractivity contribution in [2.24, 2.45) is 0 Å². The van der Waals surface area contributed by atoms with Gasteiger partial charge in [0.05, 0.1) is 0 Å². The van der Waals surface area contributed by atoms with Crippen LogP contribution in [-0.2, 0) is 0 Å². The molecule has 0 aromatic rings. The minimum Gasteiger partial charge on any atom is -0.0882 e. The van der Waals surface area contributed by atoms with E-state index in [-0.39, 0.29) is 0 Å². The Labute approximate surface area is 82.0 Å². The summed E-state index contributed by atoms with van der Waals surface area (Å²) in [5.74, 6) is 0. The summed E-state index contributed by atoms with van der Waals surface area (Å²) >= 11 is 0. The smallest absolute Gasteiger partial charge is 0.0166 e. The van der Waals surface area contributed by atoms with Crippen LogP contribution in [0.4, 0.5) is 0 Å². The molecule has 1 aliphatic carbocycles. The Kier molecular flexibility index (Phi) is 6.22. The van der Waals surface area contributed by atoms with Crippen LogP contribution in [0.3, 0.4) is 0 Å². The zero-order valence-corrected chi connectivity index (χ0v) is 8.28. The molecule has 0 atom stereocenters. The van der Waals surface area contributed by atoms with Gasteiger partial charge in [-0.25, -0.2) is 0 Å². The van der Waals surface area contributed by atoms with Crippen LogP contribution in [0.5, 0.6) is 0 Å². The minimum atomic E-state index is 1.08. The van der Waals surface area contributed by atoms with E-state index in [1.165, 1.54) is 32.1 Å². The Morgan fingerprint density at radius 1 is 0.615 bits per heavy atom. The quantitative estimate of drug-likeness (QED) is 0.484. The summed E-state index contributed by atoms with van der Waals surface area (Å²) in [6.07, 6.45) is 23.0. The second-order valence-electron chi connectivity index (χ2n) is 3.36. The Bertz CT molecular complexity index is 184. The Hall–Kier alpha value is -0.780. The van der Waals surface area contributed by atoms with Gasteiger partial charge in [0.1, 0.15) is 0 Å². The van der Waals surface area contributed by atoms with Gasteiger partial charge in [0.15, 0.2) is 0 Å². The van der Waals surface area contributed by atoms with E-state index < -0.39 is 0 Å². The zero-order chi connectivity index (χ0) is 9.19. The van der Waals surface area contributed by atoms with Gasteiger partial charge in [-0.15, -0.1) is 0 Å². The third kappa shape index (κ3) is 6.39. The first-order valence-corrected chi connectivity index (χ1v) is 5.28. The lowest BCUT2D eigenvalue weighted by Gasteiger charge is -1.95. The molecule has 0 bridgehead atoms. The highest BCUT2D eigenvalue weighted by molar-refractivity contribution is 5.05. The van der Waals surface area contributed by atoms with Crippen LogP contribution in [-0.4, -0.2) is 0 Å². The molecule has 0 aliphatic heterocycles. The van der Waals surface area contributed by atoms with E-state index in [2.05, 4.69) is 42.9 Å². The van der Waals surface area contributed by atoms with Crippen LogP contribution in [0.2, 0.25) is 0 Å². The first-order valence-electron chi connectivity index (χ1n) is 5.28. The molecule has 0 fully saturated rings. The summed E-state index contributed by atoms with van der Waals surface area (Å²) in [5, 5.41) is 0. The first kappa shape index (κ1) is 10.3. The average molecular weight is 175 g/mol. The third-order valence-corrected chi connectivity index (χ3v) is 2.14. The maximum atomic E-state index is 2.40. The number of hydrogen-bond acceptors (Lipinski definition) is 0. The van der Waals surface area contributed by atoms with E-state index in [1.54, 1.807) is 0 Å². The molecule has 0 heteroatoms. The standard InChI is InChI=1S/C13H19/c1-2-4-6-8-10-12-13-11-9-7-5-3-1/h1-4,7,9-10H,5-6,8,11-13H2/b3-1-,4-2+,9-7+. The van der Waals surface area contributed by atoms with Gasteiger partial charge in [0.2, 0.25) is 0 Å². The molecule has 0 saturated carbocycles. The molecule has 0 aromatic carbocycles. The predicted molar refractivity (Wildman–Crippen MR) is 59.4 cm³/mol. The highest BCUT2D eigenvalue weighted by Crippen LogP contribution is 2.06. The van der Waals surface area contributed by atoms with Crippen LogP contribution < -0.4 is 0 Å². The van der Waals surface area contributed by atoms with Crippen molar-refractivity contribution < 1.29 is 0 Å². The Morgan fingerprint density at radius 3 is 2.54 bits per heavy atom. The van der Waals surface area contributed by atoms with Crippen molar-refractivity contribution >= 4 is 0 Å². The number of hydrogen-bond donors (Lipinski definition) is 0. The van der Waals surface area contributed by atoms with Crippen LogP contribution in [0, 0.1) is 6.42 Å². The van der Waals surface area contributed by atoms with Crippen molar-refractivity contribution in [3.8, 4) is 0 Å². The highest BCUT2D eigenvalue weighted by Gasteiger charge is 1.87. The first-order chi connectivity index (χ1) is 6.50. The fourth-order valence-electron chi connectivity index (χ4n) is 1.36. The lowest BCUT2D eigenvalue weighted by molar-refractivity contribution is 0.778. The van der Waals surface area contributed by atoms with E-state index in [0.717, 1.165) is 6.42 Å². The molecule has 0 N–H and O–H groups in total. The second kappa shape index (κ2) is 7.85. The van der Waals surface area contributed by atoms with Crippen LogP contribution >= 0.6 is 0 Å². The second-order valence-corrected chi connectivity index (χ2v) is 3.36. The molecular formula is C13H19. The predicted octanol–water partition coefficient (Wildman–Crippen LogP) is 4.21. The summed E-state index contributed by atoms with van der Waals surface area (Å²) in [5.41, 5.74) is 0. The van der Waals surface area contributed by atoms with E-state index in [9.17, 15) is 0 Å². The molecule has 1 radical (unpaired) electrons. The Balaban J connectivity index is 2.29. The molecule has 71 valence electrons. The summed E-state index contributed by atoms with van der Waals surface area (Å²) in [6.45, 7) is 0. The molecule has 1 aliphatic rings. The molecule has 0 unspecified atom stereocenters. The molecule has 0 nitrogen and oxygen atoms in total. The lowest BCUT2D eigenvalue weighted by atomic mass is 10.1. The molecule has 13 heavy (non-hydrogen) atoms. The maximum Gasteiger partial charge on any atom is -0.0166 e. The van der Waals surface area contributed by atoms with Gasteiger partial charge in [-0.05, 0) is 44.9 Å². The van der Waals surface area contributed by atoms with Gasteiger partial charge in [0.25, 0.3) is 0 Å². The molecule has 0 spiro atoms. The van der Waals surface area contributed by atoms with Gasteiger partial charge < -0.3 is 0 Å². The molecule has 0 heterocycles. The maximum absolute atomic E-state index is 2.40. The summed E-state index contributed by atoms with van der Waals surface area (Å²) in [4.78, 5) is 0. The molecule has 0 amide bonds. The summed E-state index contributed by atoms with van der Waals surface area (Å²) in [6, 6.07) is 0. The van der Waals surface area contributed by atoms with Gasteiger partial charge in [-0.2, -0.15) is 0 Å². The van der Waals surface area contributed by atoms with Gasteiger partial charge >= 0.3 is 0 Å². The van der Waals surface area contributed by atoms with Crippen molar-refractivity contribution in [1.29, 1.82) is 0 Å². The van der Waals surface area contributed by atoms with Crippen LogP contribution in [0.25, 0.3) is 0 Å². The van der Waals surface area contributed by atoms with E-state index in [4.69, 9.17) is 0 Å². The van der Waals surface area contributed by atoms with Crippen molar-refractivity contribution in [3.05, 3.63) is 42.9 Å². The van der Waals surface area contributed by atoms with E-state index in [1.807, 2.05) is 0 Å². The van der Waals surface area contributed by atoms with Gasteiger partial charge in [0, 0.05) is 0 Å². The third-order valence-electron chi connectivity index (χ3n) is 2.14. The summed E-state index contributed by atoms with van der Waals surface area (Å²) in [7, 11) is 0. The molecule has 1 rings (SSSR count). The number of allylic oxidation sites excluding steroid dienone is 6. The Morgan fingerprint density at radius 2 is 1.54 bits per heavy atom. The van der Waals surface area contributed by atoms with Gasteiger partial charge in [-0.3, -0.25) is 0 Å². The van der Waals surface area contributed by atoms with Crippen molar-refractivity contribution in [2.45, 2.75) is 38.5 Å². The highest BCUT2D eigenvalue weighted by atomic mass is 13.9. The minimum absolute atomic E-state index is 1.08. The van der Waals surface area contributed by atoms with E-state index >= 15 is 0 Å². The largest absolute Gasteiger partial charge is 0.0882 e. The van der Waals surface area contributed by atoms with Crippen LogP contribution in [0.15, 0.2) is 36.5 Å².